The van der Waals surface area contributed by atoms with E-state index in [1.165, 1.54) is 12.1 Å². The Bertz CT molecular complexity index is 1420. The van der Waals surface area contributed by atoms with Gasteiger partial charge in [0.1, 0.15) is 5.82 Å². The lowest BCUT2D eigenvalue weighted by atomic mass is 10.1. The highest BCUT2D eigenvalue weighted by Crippen LogP contribution is 2.40. The van der Waals surface area contributed by atoms with Gasteiger partial charge in [0.25, 0.3) is 0 Å². The predicted molar refractivity (Wildman–Crippen MR) is 122 cm³/mol. The minimum atomic E-state index is -0.481. The Hall–Kier alpha value is -4.08. The van der Waals surface area contributed by atoms with Crippen LogP contribution >= 0.6 is 0 Å². The number of rotatable bonds is 2. The van der Waals surface area contributed by atoms with Gasteiger partial charge in [0.05, 0.1) is 35.6 Å². The van der Waals surface area contributed by atoms with Gasteiger partial charge in [-0.3, -0.25) is 9.88 Å². The van der Waals surface area contributed by atoms with Crippen LogP contribution in [0.15, 0.2) is 41.4 Å². The second-order valence-corrected chi connectivity index (χ2v) is 8.13. The van der Waals surface area contributed by atoms with Gasteiger partial charge in [-0.25, -0.2) is 19.0 Å². The molecule has 4 aromatic rings. The summed E-state index contributed by atoms with van der Waals surface area (Å²) in [6.45, 7) is 5.09. The number of aryl methyl sites for hydroxylation is 1. The van der Waals surface area contributed by atoms with E-state index >= 15 is 0 Å². The van der Waals surface area contributed by atoms with Crippen LogP contribution in [0.3, 0.4) is 0 Å². The Morgan fingerprint density at radius 3 is 2.58 bits per heavy atom. The maximum Gasteiger partial charge on any atom is 0.212 e. The van der Waals surface area contributed by atoms with E-state index in [1.54, 1.807) is 16.8 Å². The van der Waals surface area contributed by atoms with Crippen LogP contribution in [0, 0.1) is 19.7 Å². The number of nitrogens with zero attached hydrogens (tertiary/aromatic N) is 5. The molecular weight excluding hydrogens is 425 g/mol. The van der Waals surface area contributed by atoms with Crippen molar-refractivity contribution in [1.29, 1.82) is 0 Å². The summed E-state index contributed by atoms with van der Waals surface area (Å²) in [5, 5.41) is 7.78. The van der Waals surface area contributed by atoms with Crippen molar-refractivity contribution in [3.63, 3.8) is 0 Å². The van der Waals surface area contributed by atoms with Crippen molar-refractivity contribution < 1.29 is 13.9 Å². The van der Waals surface area contributed by atoms with Gasteiger partial charge in [0.2, 0.25) is 5.95 Å². The molecule has 2 aliphatic heterocycles. The summed E-state index contributed by atoms with van der Waals surface area (Å²) < 4.78 is 29.0. The molecule has 0 fully saturated rings. The van der Waals surface area contributed by atoms with E-state index in [2.05, 4.69) is 5.32 Å². The largest absolute Gasteiger partial charge is 0.489 e. The Morgan fingerprint density at radius 2 is 1.82 bits per heavy atom. The number of halogens is 1. The summed E-state index contributed by atoms with van der Waals surface area (Å²) in [7, 11) is 0. The molecule has 0 saturated heterocycles. The molecule has 1 atom stereocenters. The molecule has 33 heavy (non-hydrogen) atoms. The first-order valence-corrected chi connectivity index (χ1v) is 10.7. The van der Waals surface area contributed by atoms with Crippen molar-refractivity contribution in [3.05, 3.63) is 59.2 Å². The monoisotopic (exact) mass is 447 g/mol. The summed E-state index contributed by atoms with van der Waals surface area (Å²) in [5.74, 6) is 1.91. The van der Waals surface area contributed by atoms with Crippen molar-refractivity contribution in [3.8, 4) is 17.2 Å². The smallest absolute Gasteiger partial charge is 0.212 e. The van der Waals surface area contributed by atoms with Crippen LogP contribution in [0.4, 0.5) is 10.3 Å². The Morgan fingerprint density at radius 1 is 1.09 bits per heavy atom. The first-order chi connectivity index (χ1) is 16.0. The van der Waals surface area contributed by atoms with E-state index in [-0.39, 0.29) is 11.8 Å². The maximum absolute atomic E-state index is 13.4. The molecule has 6 rings (SSSR count). The molecule has 0 saturated carbocycles. The molecule has 10 heteroatoms. The molecule has 0 amide bonds. The van der Waals surface area contributed by atoms with Gasteiger partial charge in [0.15, 0.2) is 23.6 Å². The number of fused-ring (bicyclic) bond motifs is 4. The van der Waals surface area contributed by atoms with Crippen LogP contribution in [-0.4, -0.2) is 38.5 Å². The highest BCUT2D eigenvalue weighted by Gasteiger charge is 2.31. The fourth-order valence-electron chi connectivity index (χ4n) is 4.48. The fourth-order valence-corrected chi connectivity index (χ4v) is 4.48. The third-order valence-electron chi connectivity index (χ3n) is 5.98. The number of anilines is 1. The fraction of sp³-hybridized carbons (Fsp3) is 0.261. The lowest BCUT2D eigenvalue weighted by Crippen LogP contribution is -2.31. The van der Waals surface area contributed by atoms with Crippen LogP contribution in [0.25, 0.3) is 16.7 Å². The highest BCUT2D eigenvalue weighted by molar-refractivity contribution is 5.95. The lowest BCUT2D eigenvalue weighted by molar-refractivity contribution is 0.297. The molecule has 0 bridgehead atoms. The molecule has 2 aliphatic rings. The van der Waals surface area contributed by atoms with E-state index in [0.717, 1.165) is 40.1 Å². The van der Waals surface area contributed by atoms with Crippen LogP contribution in [-0.2, 0) is 0 Å². The number of aromatic nitrogens is 4. The number of nitrogens with two attached hydrogens (primary N) is 1. The second-order valence-electron chi connectivity index (χ2n) is 8.13. The lowest BCUT2D eigenvalue weighted by Gasteiger charge is -2.24. The average Bonchev–Trinajstić information content (AvgIpc) is 3.17. The molecule has 3 N–H and O–H groups in total. The molecular formula is C23H22FN7O2. The molecule has 4 heterocycles. The van der Waals surface area contributed by atoms with Crippen LogP contribution in [0.5, 0.6) is 11.5 Å². The van der Waals surface area contributed by atoms with E-state index in [9.17, 15) is 4.39 Å². The first kappa shape index (κ1) is 19.6. The van der Waals surface area contributed by atoms with Crippen LogP contribution < -0.4 is 20.5 Å². The number of guanidine groups is 1. The molecule has 0 radical (unpaired) electrons. The Labute approximate surface area is 188 Å². The second kappa shape index (κ2) is 7.22. The number of nitrogens with one attached hydrogen (secondary N) is 1. The van der Waals surface area contributed by atoms with Crippen LogP contribution in [0.2, 0.25) is 0 Å². The zero-order valence-electron chi connectivity index (χ0n) is 18.2. The Balaban J connectivity index is 1.53. The van der Waals surface area contributed by atoms with Crippen molar-refractivity contribution in [1.82, 2.24) is 19.3 Å². The molecule has 1 unspecified atom stereocenters. The van der Waals surface area contributed by atoms with Gasteiger partial charge in [-0.2, -0.15) is 5.10 Å². The minimum Gasteiger partial charge on any atom is -0.489 e. The summed E-state index contributed by atoms with van der Waals surface area (Å²) in [5.41, 5.74) is 11.1. The SMILES string of the molecule is Cc1nn(-c2ccc(F)cc2)c(C)c1C1N=C(N)Nc2nc3cc4c(cc3n21)OCCCO4. The quantitative estimate of drug-likeness (QED) is 0.488. The number of benzene rings is 2. The summed E-state index contributed by atoms with van der Waals surface area (Å²) in [4.78, 5) is 9.45. The van der Waals surface area contributed by atoms with Crippen LogP contribution in [0.1, 0.15) is 29.5 Å². The van der Waals surface area contributed by atoms with Gasteiger partial charge in [-0.05, 0) is 38.1 Å². The zero-order chi connectivity index (χ0) is 22.7. The summed E-state index contributed by atoms with van der Waals surface area (Å²) >= 11 is 0. The highest BCUT2D eigenvalue weighted by atomic mass is 19.1. The number of hydrogen-bond acceptors (Lipinski definition) is 7. The molecule has 0 spiro atoms. The van der Waals surface area contributed by atoms with E-state index < -0.39 is 6.17 Å². The molecule has 2 aromatic heterocycles. The van der Waals surface area contributed by atoms with E-state index in [4.69, 9.17) is 30.3 Å². The average molecular weight is 447 g/mol. The maximum atomic E-state index is 13.4. The summed E-state index contributed by atoms with van der Waals surface area (Å²) in [6, 6.07) is 10.1. The van der Waals surface area contributed by atoms with Gasteiger partial charge < -0.3 is 15.2 Å². The number of ether oxygens (including phenoxy) is 2. The molecule has 2 aromatic carbocycles. The number of hydrogen-bond donors (Lipinski definition) is 2. The van der Waals surface area contributed by atoms with Crippen molar-refractivity contribution in [2.75, 3.05) is 18.5 Å². The summed E-state index contributed by atoms with van der Waals surface area (Å²) in [6.07, 6.45) is 0.342. The molecule has 168 valence electrons. The zero-order valence-corrected chi connectivity index (χ0v) is 18.2. The third-order valence-corrected chi connectivity index (χ3v) is 5.98. The first-order valence-electron chi connectivity index (χ1n) is 10.7. The van der Waals surface area contributed by atoms with E-state index in [0.29, 0.717) is 30.7 Å². The van der Waals surface area contributed by atoms with Gasteiger partial charge in [0, 0.05) is 29.8 Å². The topological polar surface area (TPSA) is 105 Å². The van der Waals surface area contributed by atoms with Gasteiger partial charge in [-0.15, -0.1) is 0 Å². The number of aliphatic imine (C=N–C) groups is 1. The molecule has 9 nitrogen and oxygen atoms in total. The Kier molecular flexibility index (Phi) is 4.29. The number of imidazole rings is 1. The van der Waals surface area contributed by atoms with Gasteiger partial charge >= 0.3 is 0 Å². The third kappa shape index (κ3) is 3.09. The minimum absolute atomic E-state index is 0.269. The van der Waals surface area contributed by atoms with Crippen molar-refractivity contribution >= 4 is 22.9 Å². The molecule has 0 aliphatic carbocycles. The predicted octanol–water partition coefficient (Wildman–Crippen LogP) is 3.43. The van der Waals surface area contributed by atoms with E-state index in [1.807, 2.05) is 30.5 Å². The van der Waals surface area contributed by atoms with Gasteiger partial charge in [-0.1, -0.05) is 0 Å². The van der Waals surface area contributed by atoms with Crippen molar-refractivity contribution in [2.45, 2.75) is 26.4 Å². The standard InChI is InChI=1S/C23H22FN7O2/c1-12-20(13(2)31(29-12)15-6-4-14(24)5-7-15)21-27-22(25)28-23-26-16-10-18-19(11-17(16)30(21)23)33-9-3-8-32-18/h4-7,10-11,21H,3,8-9H2,1-2H3,(H3,25,26,27,28). The van der Waals surface area contributed by atoms with Crippen molar-refractivity contribution in [2.24, 2.45) is 10.7 Å². The normalized spacial score (nSPS) is 17.3.